The van der Waals surface area contributed by atoms with Crippen molar-refractivity contribution in [3.05, 3.63) is 194 Å². The Bertz CT molecular complexity index is 3190. The van der Waals surface area contributed by atoms with Gasteiger partial charge in [-0.3, -0.25) is 4.57 Å². The summed E-state index contributed by atoms with van der Waals surface area (Å²) in [7, 11) is 0. The highest BCUT2D eigenvalue weighted by molar-refractivity contribution is 6.22. The van der Waals surface area contributed by atoms with Crippen molar-refractivity contribution in [1.82, 2.24) is 9.55 Å². The number of aromatic nitrogens is 2. The van der Waals surface area contributed by atoms with Crippen LogP contribution >= 0.6 is 0 Å². The Hall–Kier alpha value is -7.23. The molecule has 0 amide bonds. The van der Waals surface area contributed by atoms with Crippen LogP contribution in [0.1, 0.15) is 0 Å². The van der Waals surface area contributed by atoms with Crippen molar-refractivity contribution < 1.29 is 4.42 Å². The molecule has 11 rings (SSSR count). The van der Waals surface area contributed by atoms with Crippen molar-refractivity contribution in [2.75, 3.05) is 0 Å². The highest BCUT2D eigenvalue weighted by atomic mass is 16.3. The van der Waals surface area contributed by atoms with E-state index in [1.165, 1.54) is 49.4 Å². The van der Waals surface area contributed by atoms with E-state index in [0.29, 0.717) is 0 Å². The summed E-state index contributed by atoms with van der Waals surface area (Å²) in [6.45, 7) is 0. The van der Waals surface area contributed by atoms with E-state index in [-0.39, 0.29) is 0 Å². The zero-order valence-electron chi connectivity index (χ0n) is 29.3. The molecule has 252 valence electrons. The van der Waals surface area contributed by atoms with E-state index in [0.717, 1.165) is 55.6 Å². The van der Waals surface area contributed by atoms with E-state index in [2.05, 4.69) is 187 Å². The van der Waals surface area contributed by atoms with Gasteiger partial charge in [-0.15, -0.1) is 0 Å². The molecule has 2 aromatic heterocycles. The van der Waals surface area contributed by atoms with Crippen molar-refractivity contribution in [1.29, 1.82) is 0 Å². The minimum atomic E-state index is 0.899. The number of imidazole rings is 1. The fourth-order valence-corrected chi connectivity index (χ4v) is 8.34. The maximum absolute atomic E-state index is 6.26. The third kappa shape index (κ3) is 4.79. The first-order chi connectivity index (χ1) is 26.8. The molecule has 0 aliphatic rings. The van der Waals surface area contributed by atoms with Crippen molar-refractivity contribution in [3.63, 3.8) is 0 Å². The molecule has 2 heterocycles. The summed E-state index contributed by atoms with van der Waals surface area (Å²) < 4.78 is 8.52. The van der Waals surface area contributed by atoms with Gasteiger partial charge < -0.3 is 4.42 Å². The second-order valence-corrected chi connectivity index (χ2v) is 13.9. The van der Waals surface area contributed by atoms with Crippen LogP contribution < -0.4 is 0 Å². The first-order valence-corrected chi connectivity index (χ1v) is 18.4. The molecule has 11 aromatic rings. The average molecular weight is 689 g/mol. The third-order valence-corrected chi connectivity index (χ3v) is 10.8. The number of fused-ring (bicyclic) bond motifs is 6. The lowest BCUT2D eigenvalue weighted by Crippen LogP contribution is -1.97. The molecule has 0 bridgehead atoms. The number of para-hydroxylation sites is 4. The molecule has 0 radical (unpaired) electrons. The van der Waals surface area contributed by atoms with Crippen LogP contribution in [0.25, 0.3) is 105 Å². The molecule has 0 unspecified atom stereocenters. The maximum Gasteiger partial charge on any atom is 0.145 e. The molecule has 0 saturated carbocycles. The lowest BCUT2D eigenvalue weighted by molar-refractivity contribution is 0.669. The number of hydrogen-bond donors (Lipinski definition) is 0. The molecule has 0 saturated heterocycles. The topological polar surface area (TPSA) is 31.0 Å². The number of rotatable bonds is 5. The molecule has 3 nitrogen and oxygen atoms in total. The van der Waals surface area contributed by atoms with Crippen LogP contribution in [0.4, 0.5) is 0 Å². The van der Waals surface area contributed by atoms with Gasteiger partial charge in [0.05, 0.1) is 11.0 Å². The molecule has 0 fully saturated rings. The Morgan fingerprint density at radius 1 is 0.352 bits per heavy atom. The Morgan fingerprint density at radius 2 is 0.907 bits per heavy atom. The number of hydrogen-bond acceptors (Lipinski definition) is 2. The van der Waals surface area contributed by atoms with Crippen molar-refractivity contribution in [2.45, 2.75) is 0 Å². The molecule has 0 aliphatic heterocycles. The first-order valence-electron chi connectivity index (χ1n) is 18.4. The molecule has 0 aliphatic carbocycles. The van der Waals surface area contributed by atoms with Crippen LogP contribution in [0.3, 0.4) is 0 Å². The first kappa shape index (κ1) is 30.4. The highest BCUT2D eigenvalue weighted by Gasteiger charge is 2.20. The summed E-state index contributed by atoms with van der Waals surface area (Å²) in [4.78, 5) is 5.14. The van der Waals surface area contributed by atoms with Gasteiger partial charge >= 0.3 is 0 Å². The van der Waals surface area contributed by atoms with Crippen molar-refractivity contribution in [3.8, 4) is 50.5 Å². The van der Waals surface area contributed by atoms with E-state index in [4.69, 9.17) is 9.40 Å². The monoisotopic (exact) mass is 688 g/mol. The van der Waals surface area contributed by atoms with Crippen LogP contribution in [-0.2, 0) is 0 Å². The lowest BCUT2D eigenvalue weighted by atomic mass is 9.84. The van der Waals surface area contributed by atoms with Gasteiger partial charge in [0, 0.05) is 22.0 Å². The Labute approximate surface area is 312 Å². The second-order valence-electron chi connectivity index (χ2n) is 13.9. The molecule has 0 atom stereocenters. The van der Waals surface area contributed by atoms with Crippen LogP contribution in [0, 0.1) is 0 Å². The predicted molar refractivity (Wildman–Crippen MR) is 225 cm³/mol. The Balaban J connectivity index is 1.15. The van der Waals surface area contributed by atoms with Gasteiger partial charge in [-0.2, -0.15) is 0 Å². The maximum atomic E-state index is 6.26. The summed E-state index contributed by atoms with van der Waals surface area (Å²) in [5.41, 5.74) is 13.2. The van der Waals surface area contributed by atoms with Gasteiger partial charge in [0.15, 0.2) is 0 Å². The van der Waals surface area contributed by atoms with Gasteiger partial charge in [0.2, 0.25) is 0 Å². The van der Waals surface area contributed by atoms with Crippen LogP contribution in [0.2, 0.25) is 0 Å². The Kier molecular flexibility index (Phi) is 6.86. The van der Waals surface area contributed by atoms with Crippen LogP contribution in [-0.4, -0.2) is 9.55 Å². The van der Waals surface area contributed by atoms with E-state index in [9.17, 15) is 0 Å². The van der Waals surface area contributed by atoms with E-state index in [1.54, 1.807) is 0 Å². The quantitative estimate of drug-likeness (QED) is 0.169. The highest BCUT2D eigenvalue weighted by Crippen LogP contribution is 2.46. The van der Waals surface area contributed by atoms with Crippen molar-refractivity contribution in [2.24, 2.45) is 0 Å². The van der Waals surface area contributed by atoms with Gasteiger partial charge in [0.25, 0.3) is 0 Å². The molecule has 54 heavy (non-hydrogen) atoms. The smallest absolute Gasteiger partial charge is 0.145 e. The summed E-state index contributed by atoms with van der Waals surface area (Å²) in [5.74, 6) is 0.925. The molecule has 9 aromatic carbocycles. The van der Waals surface area contributed by atoms with Crippen LogP contribution in [0.15, 0.2) is 199 Å². The number of furan rings is 1. The van der Waals surface area contributed by atoms with Crippen LogP contribution in [0.5, 0.6) is 0 Å². The third-order valence-electron chi connectivity index (χ3n) is 10.8. The standard InChI is InChI=1S/C51H32N2O/c1-3-13-33(14-4-1)36-27-29-42-44(31-36)50(37-28-30-48-43(32-37)39-17-9-12-22-47(39)54-48)41-19-8-7-18-40(41)49(42)34-23-25-35(26-24-34)51-52-45-20-10-11-21-46(45)53(51)38-15-5-2-6-16-38/h1-32H. The number of benzene rings is 9. The summed E-state index contributed by atoms with van der Waals surface area (Å²) >= 11 is 0. The second kappa shape index (κ2) is 12.2. The van der Waals surface area contributed by atoms with Gasteiger partial charge in [-0.05, 0) is 103 Å². The van der Waals surface area contributed by atoms with Gasteiger partial charge in [-0.1, -0.05) is 146 Å². The molecule has 3 heteroatoms. The average Bonchev–Trinajstić information content (AvgIpc) is 3.82. The minimum Gasteiger partial charge on any atom is -0.456 e. The van der Waals surface area contributed by atoms with Gasteiger partial charge in [0.1, 0.15) is 17.0 Å². The zero-order valence-corrected chi connectivity index (χ0v) is 29.3. The van der Waals surface area contributed by atoms with E-state index < -0.39 is 0 Å². The molecule has 0 spiro atoms. The van der Waals surface area contributed by atoms with E-state index >= 15 is 0 Å². The molecular weight excluding hydrogens is 657 g/mol. The van der Waals surface area contributed by atoms with Gasteiger partial charge in [-0.25, -0.2) is 4.98 Å². The lowest BCUT2D eigenvalue weighted by Gasteiger charge is -2.19. The Morgan fingerprint density at radius 3 is 1.70 bits per heavy atom. The predicted octanol–water partition coefficient (Wildman–Crippen LogP) is 13.9. The number of nitrogens with zero attached hydrogens (tertiary/aromatic N) is 2. The SMILES string of the molecule is c1ccc(-c2ccc3c(-c4ccc(-c5nc6ccccc6n5-c5ccccc5)cc4)c4ccccc4c(-c4ccc5oc6ccccc6c5c4)c3c2)cc1. The summed E-state index contributed by atoms with van der Waals surface area (Å²) in [6.07, 6.45) is 0. The summed E-state index contributed by atoms with van der Waals surface area (Å²) in [6, 6.07) is 69.3. The fraction of sp³-hybridized carbons (Fsp3) is 0. The molecule has 0 N–H and O–H groups in total. The van der Waals surface area contributed by atoms with E-state index in [1.807, 2.05) is 12.1 Å². The fourth-order valence-electron chi connectivity index (χ4n) is 8.34. The summed E-state index contributed by atoms with van der Waals surface area (Å²) in [5, 5.41) is 7.12. The normalized spacial score (nSPS) is 11.7. The zero-order chi connectivity index (χ0) is 35.6. The minimum absolute atomic E-state index is 0.899. The van der Waals surface area contributed by atoms with Crippen molar-refractivity contribution >= 4 is 54.5 Å². The molecular formula is C51H32N2O. The largest absolute Gasteiger partial charge is 0.456 e.